The van der Waals surface area contributed by atoms with E-state index in [1.165, 1.54) is 4.90 Å². The molecule has 1 saturated heterocycles. The molecule has 102 valence electrons. The SMILES string of the molecule is CCOc1ccc(N2CC(=O)CC2=O)cc1OCC. The molecule has 1 amide bonds. The van der Waals surface area contributed by atoms with Crippen LogP contribution < -0.4 is 14.4 Å². The van der Waals surface area contributed by atoms with Crippen LogP contribution in [0.3, 0.4) is 0 Å². The number of rotatable bonds is 5. The van der Waals surface area contributed by atoms with Crippen LogP contribution in [0.5, 0.6) is 11.5 Å². The van der Waals surface area contributed by atoms with E-state index in [0.29, 0.717) is 30.4 Å². The number of carbonyl (C=O) groups is 2. The Morgan fingerprint density at radius 2 is 1.79 bits per heavy atom. The van der Waals surface area contributed by atoms with Crippen molar-refractivity contribution in [3.8, 4) is 11.5 Å². The molecule has 1 aliphatic rings. The van der Waals surface area contributed by atoms with Gasteiger partial charge in [-0.1, -0.05) is 0 Å². The van der Waals surface area contributed by atoms with Crippen molar-refractivity contribution in [3.05, 3.63) is 18.2 Å². The van der Waals surface area contributed by atoms with Gasteiger partial charge >= 0.3 is 0 Å². The number of benzene rings is 1. The Morgan fingerprint density at radius 1 is 1.11 bits per heavy atom. The molecule has 0 N–H and O–H groups in total. The molecule has 0 aliphatic carbocycles. The number of hydrogen-bond acceptors (Lipinski definition) is 4. The molecule has 0 aromatic heterocycles. The summed E-state index contributed by atoms with van der Waals surface area (Å²) in [6.45, 7) is 4.97. The normalized spacial score (nSPS) is 14.9. The van der Waals surface area contributed by atoms with Gasteiger partial charge in [0.15, 0.2) is 17.3 Å². The highest BCUT2D eigenvalue weighted by atomic mass is 16.5. The first-order valence-electron chi connectivity index (χ1n) is 6.37. The Morgan fingerprint density at radius 3 is 2.37 bits per heavy atom. The summed E-state index contributed by atoms with van der Waals surface area (Å²) in [7, 11) is 0. The lowest BCUT2D eigenvalue weighted by Crippen LogP contribution is -2.24. The van der Waals surface area contributed by atoms with Crippen molar-refractivity contribution >= 4 is 17.4 Å². The van der Waals surface area contributed by atoms with Crippen molar-refractivity contribution in [3.63, 3.8) is 0 Å². The molecular formula is C14H17NO4. The monoisotopic (exact) mass is 263 g/mol. The Kier molecular flexibility index (Phi) is 4.04. The fourth-order valence-corrected chi connectivity index (χ4v) is 2.03. The minimum Gasteiger partial charge on any atom is -0.490 e. The second kappa shape index (κ2) is 5.73. The van der Waals surface area contributed by atoms with Crippen molar-refractivity contribution < 1.29 is 19.1 Å². The Hall–Kier alpha value is -2.04. The van der Waals surface area contributed by atoms with Crippen molar-refractivity contribution in [2.75, 3.05) is 24.7 Å². The number of ketones is 1. The third-order valence-corrected chi connectivity index (χ3v) is 2.82. The molecule has 0 bridgehead atoms. The van der Waals surface area contributed by atoms with E-state index in [0.717, 1.165) is 0 Å². The van der Waals surface area contributed by atoms with Crippen LogP contribution in [0.1, 0.15) is 20.3 Å². The lowest BCUT2D eigenvalue weighted by Gasteiger charge is -2.18. The van der Waals surface area contributed by atoms with E-state index in [9.17, 15) is 9.59 Å². The quantitative estimate of drug-likeness (QED) is 0.760. The fourth-order valence-electron chi connectivity index (χ4n) is 2.03. The van der Waals surface area contributed by atoms with E-state index >= 15 is 0 Å². The number of carbonyl (C=O) groups excluding carboxylic acids is 2. The molecule has 0 atom stereocenters. The van der Waals surface area contributed by atoms with E-state index in [4.69, 9.17) is 9.47 Å². The van der Waals surface area contributed by atoms with Gasteiger partial charge in [0.25, 0.3) is 0 Å². The van der Waals surface area contributed by atoms with Crippen molar-refractivity contribution in [2.24, 2.45) is 0 Å². The van der Waals surface area contributed by atoms with Gasteiger partial charge in [0.05, 0.1) is 26.2 Å². The summed E-state index contributed by atoms with van der Waals surface area (Å²) in [5, 5.41) is 0. The predicted molar refractivity (Wildman–Crippen MR) is 70.8 cm³/mol. The largest absolute Gasteiger partial charge is 0.490 e. The van der Waals surface area contributed by atoms with Crippen molar-refractivity contribution in [1.29, 1.82) is 0 Å². The van der Waals surface area contributed by atoms with Gasteiger partial charge in [0.2, 0.25) is 5.91 Å². The molecule has 5 nitrogen and oxygen atoms in total. The summed E-state index contributed by atoms with van der Waals surface area (Å²) >= 11 is 0. The zero-order valence-corrected chi connectivity index (χ0v) is 11.1. The minimum absolute atomic E-state index is 0.0167. The van der Waals surface area contributed by atoms with Gasteiger partial charge in [0.1, 0.15) is 0 Å². The summed E-state index contributed by atoms with van der Waals surface area (Å²) in [4.78, 5) is 24.5. The fraction of sp³-hybridized carbons (Fsp3) is 0.429. The van der Waals surface area contributed by atoms with E-state index in [-0.39, 0.29) is 24.7 Å². The smallest absolute Gasteiger partial charge is 0.234 e. The second-order valence-corrected chi connectivity index (χ2v) is 4.19. The number of nitrogens with zero attached hydrogens (tertiary/aromatic N) is 1. The molecule has 1 aliphatic heterocycles. The van der Waals surface area contributed by atoms with E-state index in [2.05, 4.69) is 0 Å². The highest BCUT2D eigenvalue weighted by Crippen LogP contribution is 2.33. The first-order chi connectivity index (χ1) is 9.15. The van der Waals surface area contributed by atoms with Crippen LogP contribution >= 0.6 is 0 Å². The minimum atomic E-state index is -0.170. The molecule has 0 radical (unpaired) electrons. The van der Waals surface area contributed by atoms with Gasteiger partial charge in [-0.3, -0.25) is 9.59 Å². The maximum Gasteiger partial charge on any atom is 0.234 e. The molecule has 1 heterocycles. The Balaban J connectivity index is 2.29. The highest BCUT2D eigenvalue weighted by Gasteiger charge is 2.29. The van der Waals surface area contributed by atoms with E-state index < -0.39 is 0 Å². The average molecular weight is 263 g/mol. The van der Waals surface area contributed by atoms with Crippen LogP contribution in [-0.2, 0) is 9.59 Å². The number of amides is 1. The van der Waals surface area contributed by atoms with Gasteiger partial charge in [-0.2, -0.15) is 0 Å². The van der Waals surface area contributed by atoms with Crippen molar-refractivity contribution in [2.45, 2.75) is 20.3 Å². The van der Waals surface area contributed by atoms with Crippen LogP contribution in [0, 0.1) is 0 Å². The maximum absolute atomic E-state index is 11.7. The number of ether oxygens (including phenoxy) is 2. The summed E-state index contributed by atoms with van der Waals surface area (Å²) in [5.41, 5.74) is 0.669. The predicted octanol–water partition coefficient (Wildman–Crippen LogP) is 1.79. The molecule has 19 heavy (non-hydrogen) atoms. The maximum atomic E-state index is 11.7. The lowest BCUT2D eigenvalue weighted by atomic mass is 10.2. The summed E-state index contributed by atoms with van der Waals surface area (Å²) in [6.07, 6.45) is -0.0167. The third kappa shape index (κ3) is 2.86. The molecule has 0 unspecified atom stereocenters. The topological polar surface area (TPSA) is 55.8 Å². The Labute approximate surface area is 112 Å². The summed E-state index contributed by atoms with van der Waals surface area (Å²) in [6, 6.07) is 5.27. The van der Waals surface area contributed by atoms with Gasteiger partial charge in [0, 0.05) is 11.8 Å². The van der Waals surface area contributed by atoms with Crippen LogP contribution in [0.2, 0.25) is 0 Å². The first kappa shape index (κ1) is 13.4. The van der Waals surface area contributed by atoms with Gasteiger partial charge in [-0.05, 0) is 26.0 Å². The standard InChI is InChI=1S/C14H17NO4/c1-3-18-12-6-5-10(7-13(12)19-4-2)15-9-11(16)8-14(15)17/h5-7H,3-4,8-9H2,1-2H3. The molecule has 0 spiro atoms. The number of Topliss-reactive ketones (excluding diaryl/α,β-unsaturated/α-hetero) is 1. The van der Waals surface area contributed by atoms with Crippen LogP contribution in [-0.4, -0.2) is 31.4 Å². The highest BCUT2D eigenvalue weighted by molar-refractivity contribution is 6.15. The molecule has 0 saturated carbocycles. The van der Waals surface area contributed by atoms with Gasteiger partial charge < -0.3 is 14.4 Å². The zero-order valence-electron chi connectivity index (χ0n) is 11.1. The summed E-state index contributed by atoms with van der Waals surface area (Å²) < 4.78 is 11.0. The lowest BCUT2D eigenvalue weighted by molar-refractivity contribution is -0.121. The molecule has 1 aromatic carbocycles. The van der Waals surface area contributed by atoms with Crippen molar-refractivity contribution in [1.82, 2.24) is 0 Å². The van der Waals surface area contributed by atoms with E-state index in [1.807, 2.05) is 13.8 Å². The molecular weight excluding hydrogens is 246 g/mol. The molecule has 1 aromatic rings. The Bertz CT molecular complexity index is 498. The third-order valence-electron chi connectivity index (χ3n) is 2.82. The first-order valence-corrected chi connectivity index (χ1v) is 6.37. The molecule has 1 fully saturated rings. The number of hydrogen-bond donors (Lipinski definition) is 0. The van der Waals surface area contributed by atoms with Crippen LogP contribution in [0.4, 0.5) is 5.69 Å². The number of anilines is 1. The second-order valence-electron chi connectivity index (χ2n) is 4.19. The summed E-state index contributed by atoms with van der Waals surface area (Å²) in [5.74, 6) is 1.01. The molecule has 2 rings (SSSR count). The van der Waals surface area contributed by atoms with Crippen LogP contribution in [0.25, 0.3) is 0 Å². The molecule has 5 heteroatoms. The average Bonchev–Trinajstić information content (AvgIpc) is 2.71. The van der Waals surface area contributed by atoms with Crippen LogP contribution in [0.15, 0.2) is 18.2 Å². The van der Waals surface area contributed by atoms with E-state index in [1.54, 1.807) is 18.2 Å². The van der Waals surface area contributed by atoms with Gasteiger partial charge in [-0.15, -0.1) is 0 Å². The zero-order chi connectivity index (χ0) is 13.8. The van der Waals surface area contributed by atoms with Gasteiger partial charge in [-0.25, -0.2) is 0 Å².